The standard InChI is InChI=1S/C45H29N3S/c1-4-11-30(12-5-1)31-19-21-32(22-20-31)33-23-25-34(26-24-33)38-17-10-18-41-42(38)39-29-37(27-28-40(39)49-41)45-47-43(35-13-6-2-7-14-35)46-44(48-45)36-15-8-3-9-16-36/h1-29H. The number of benzene rings is 7. The van der Waals surface area contributed by atoms with Crippen molar-refractivity contribution in [1.29, 1.82) is 0 Å². The smallest absolute Gasteiger partial charge is 0.164 e. The van der Waals surface area contributed by atoms with E-state index < -0.39 is 0 Å². The fourth-order valence-electron chi connectivity index (χ4n) is 6.47. The van der Waals surface area contributed by atoms with E-state index in [9.17, 15) is 0 Å². The first-order valence-electron chi connectivity index (χ1n) is 16.4. The fraction of sp³-hybridized carbons (Fsp3) is 0. The first kappa shape index (κ1) is 29.0. The van der Waals surface area contributed by atoms with Crippen LogP contribution in [0.15, 0.2) is 176 Å². The zero-order valence-electron chi connectivity index (χ0n) is 26.5. The molecule has 0 radical (unpaired) electrons. The molecule has 0 bridgehead atoms. The minimum atomic E-state index is 0.661. The van der Waals surface area contributed by atoms with Crippen LogP contribution in [0.4, 0.5) is 0 Å². The minimum absolute atomic E-state index is 0.661. The molecule has 0 aliphatic heterocycles. The lowest BCUT2D eigenvalue weighted by molar-refractivity contribution is 1.07. The summed E-state index contributed by atoms with van der Waals surface area (Å²) in [7, 11) is 0. The molecule has 0 aliphatic rings. The average molecular weight is 644 g/mol. The Kier molecular flexibility index (Phi) is 7.34. The first-order valence-corrected chi connectivity index (χ1v) is 17.2. The molecule has 3 nitrogen and oxygen atoms in total. The summed E-state index contributed by atoms with van der Waals surface area (Å²) in [5, 5.41) is 2.46. The summed E-state index contributed by atoms with van der Waals surface area (Å²) in [6.07, 6.45) is 0. The second-order valence-corrected chi connectivity index (χ2v) is 13.1. The molecule has 0 fully saturated rings. The van der Waals surface area contributed by atoms with Gasteiger partial charge in [0.05, 0.1) is 0 Å². The predicted octanol–water partition coefficient (Wildman–Crippen LogP) is 12.2. The van der Waals surface area contributed by atoms with Gasteiger partial charge >= 0.3 is 0 Å². The molecular weight excluding hydrogens is 615 g/mol. The molecule has 0 saturated heterocycles. The molecule has 0 amide bonds. The second kappa shape index (κ2) is 12.4. The average Bonchev–Trinajstić information content (AvgIpc) is 3.57. The summed E-state index contributed by atoms with van der Waals surface area (Å²) in [4.78, 5) is 14.9. The molecule has 2 heterocycles. The first-order chi connectivity index (χ1) is 24.3. The normalized spacial score (nSPS) is 11.3. The van der Waals surface area contributed by atoms with Crippen molar-refractivity contribution < 1.29 is 0 Å². The van der Waals surface area contributed by atoms with E-state index in [1.165, 1.54) is 53.6 Å². The van der Waals surface area contributed by atoms with Crippen LogP contribution in [0.2, 0.25) is 0 Å². The van der Waals surface area contributed by atoms with E-state index in [-0.39, 0.29) is 0 Å². The Morgan fingerprint density at radius 2 is 0.735 bits per heavy atom. The highest BCUT2D eigenvalue weighted by atomic mass is 32.1. The van der Waals surface area contributed by atoms with Crippen LogP contribution in [0.5, 0.6) is 0 Å². The molecule has 4 heteroatoms. The van der Waals surface area contributed by atoms with E-state index in [1.54, 1.807) is 0 Å². The summed E-state index contributed by atoms with van der Waals surface area (Å²) >= 11 is 1.82. The Balaban J connectivity index is 1.11. The topological polar surface area (TPSA) is 38.7 Å². The van der Waals surface area contributed by atoms with E-state index in [4.69, 9.17) is 15.0 Å². The van der Waals surface area contributed by atoms with Crippen LogP contribution >= 0.6 is 11.3 Å². The van der Waals surface area contributed by atoms with Gasteiger partial charge in [-0.15, -0.1) is 11.3 Å². The van der Waals surface area contributed by atoms with Crippen molar-refractivity contribution in [2.75, 3.05) is 0 Å². The molecule has 0 aliphatic carbocycles. The van der Waals surface area contributed by atoms with Gasteiger partial charge in [-0.25, -0.2) is 15.0 Å². The molecule has 7 aromatic carbocycles. The van der Waals surface area contributed by atoms with Crippen molar-refractivity contribution in [3.05, 3.63) is 176 Å². The highest BCUT2D eigenvalue weighted by Gasteiger charge is 2.16. The number of hydrogen-bond acceptors (Lipinski definition) is 4. The maximum atomic E-state index is 4.99. The van der Waals surface area contributed by atoms with Gasteiger partial charge < -0.3 is 0 Å². The lowest BCUT2D eigenvalue weighted by Gasteiger charge is -2.09. The monoisotopic (exact) mass is 643 g/mol. The van der Waals surface area contributed by atoms with Gasteiger partial charge in [0.15, 0.2) is 17.5 Å². The Morgan fingerprint density at radius 3 is 1.27 bits per heavy atom. The fourth-order valence-corrected chi connectivity index (χ4v) is 7.58. The summed E-state index contributed by atoms with van der Waals surface area (Å²) in [6.45, 7) is 0. The van der Waals surface area contributed by atoms with Gasteiger partial charge in [0, 0.05) is 36.9 Å². The molecule has 49 heavy (non-hydrogen) atoms. The Hall–Kier alpha value is -6.23. The quantitative estimate of drug-likeness (QED) is 0.181. The number of fused-ring (bicyclic) bond motifs is 3. The zero-order valence-corrected chi connectivity index (χ0v) is 27.3. The second-order valence-electron chi connectivity index (χ2n) is 12.1. The maximum absolute atomic E-state index is 4.99. The van der Waals surface area contributed by atoms with Gasteiger partial charge in [-0.2, -0.15) is 0 Å². The Labute approximate surface area is 288 Å². The van der Waals surface area contributed by atoms with Crippen LogP contribution < -0.4 is 0 Å². The Morgan fingerprint density at radius 1 is 0.306 bits per heavy atom. The number of hydrogen-bond donors (Lipinski definition) is 0. The largest absolute Gasteiger partial charge is 0.208 e. The number of nitrogens with zero attached hydrogens (tertiary/aromatic N) is 3. The molecule has 0 atom stereocenters. The maximum Gasteiger partial charge on any atom is 0.164 e. The van der Waals surface area contributed by atoms with Gasteiger partial charge in [0.2, 0.25) is 0 Å². The van der Waals surface area contributed by atoms with Gasteiger partial charge in [-0.05, 0) is 57.6 Å². The number of rotatable bonds is 6. The van der Waals surface area contributed by atoms with E-state index >= 15 is 0 Å². The molecule has 0 saturated carbocycles. The zero-order chi connectivity index (χ0) is 32.6. The molecule has 0 N–H and O–H groups in total. The lowest BCUT2D eigenvalue weighted by Crippen LogP contribution is -2.00. The predicted molar refractivity (Wildman–Crippen MR) is 205 cm³/mol. The third-order valence-electron chi connectivity index (χ3n) is 8.97. The molecule has 0 unspecified atom stereocenters. The summed E-state index contributed by atoms with van der Waals surface area (Å²) in [5.74, 6) is 1.99. The SMILES string of the molecule is c1ccc(-c2ccc(-c3ccc(-c4cccc5sc6ccc(-c7nc(-c8ccccc8)nc(-c8ccccc8)n7)cc6c45)cc3)cc2)cc1. The van der Waals surface area contributed by atoms with Crippen LogP contribution in [0, 0.1) is 0 Å². The number of aromatic nitrogens is 3. The molecular formula is C45H29N3S. The van der Waals surface area contributed by atoms with E-state index in [0.29, 0.717) is 17.5 Å². The molecule has 2 aromatic heterocycles. The van der Waals surface area contributed by atoms with Crippen molar-refractivity contribution in [2.45, 2.75) is 0 Å². The van der Waals surface area contributed by atoms with Crippen molar-refractivity contribution in [3.63, 3.8) is 0 Å². The third kappa shape index (κ3) is 5.58. The number of thiophene rings is 1. The van der Waals surface area contributed by atoms with E-state index in [0.717, 1.165) is 16.7 Å². The molecule has 0 spiro atoms. The van der Waals surface area contributed by atoms with Crippen LogP contribution in [-0.2, 0) is 0 Å². The van der Waals surface area contributed by atoms with Crippen molar-refractivity contribution in [2.24, 2.45) is 0 Å². The summed E-state index contributed by atoms with van der Waals surface area (Å²) in [6, 6.07) is 61.7. The van der Waals surface area contributed by atoms with Crippen LogP contribution in [0.25, 0.3) is 87.7 Å². The summed E-state index contributed by atoms with van der Waals surface area (Å²) in [5.41, 5.74) is 10.2. The molecule has 9 aromatic rings. The highest BCUT2D eigenvalue weighted by molar-refractivity contribution is 7.26. The van der Waals surface area contributed by atoms with E-state index in [2.05, 4.69) is 115 Å². The van der Waals surface area contributed by atoms with Crippen LogP contribution in [0.1, 0.15) is 0 Å². The van der Waals surface area contributed by atoms with Crippen molar-refractivity contribution in [1.82, 2.24) is 15.0 Å². The van der Waals surface area contributed by atoms with Crippen molar-refractivity contribution >= 4 is 31.5 Å². The van der Waals surface area contributed by atoms with Gasteiger partial charge in [0.25, 0.3) is 0 Å². The van der Waals surface area contributed by atoms with E-state index in [1.807, 2.05) is 72.0 Å². The summed E-state index contributed by atoms with van der Waals surface area (Å²) < 4.78 is 2.50. The molecule has 9 rings (SSSR count). The van der Waals surface area contributed by atoms with Gasteiger partial charge in [-0.3, -0.25) is 0 Å². The molecule has 230 valence electrons. The van der Waals surface area contributed by atoms with Gasteiger partial charge in [0.1, 0.15) is 0 Å². The van der Waals surface area contributed by atoms with Gasteiger partial charge in [-0.1, -0.05) is 152 Å². The highest BCUT2D eigenvalue weighted by Crippen LogP contribution is 2.42. The lowest BCUT2D eigenvalue weighted by atomic mass is 9.96. The van der Waals surface area contributed by atoms with Crippen LogP contribution in [0.3, 0.4) is 0 Å². The Bertz CT molecular complexity index is 2500. The van der Waals surface area contributed by atoms with Crippen LogP contribution in [-0.4, -0.2) is 15.0 Å². The minimum Gasteiger partial charge on any atom is -0.208 e. The third-order valence-corrected chi connectivity index (χ3v) is 10.1. The van der Waals surface area contributed by atoms with Crippen molar-refractivity contribution in [3.8, 4) is 67.5 Å².